The molecule has 3 heteroatoms. The van der Waals surface area contributed by atoms with Gasteiger partial charge in [-0.05, 0) is 38.3 Å². The fraction of sp³-hybridized carbons (Fsp3) is 0.500. The Bertz CT molecular complexity index is 278. The molecule has 0 amide bonds. The summed E-state index contributed by atoms with van der Waals surface area (Å²) >= 11 is 0. The molecule has 75 valence electrons. The zero-order valence-electron chi connectivity index (χ0n) is 9.02. The molecule has 3 radical (unpaired) electrons. The number of hydrogen-bond acceptors (Lipinski definition) is 1. The minimum atomic E-state index is 0. The summed E-state index contributed by atoms with van der Waals surface area (Å²) in [5, 5.41) is 0. The van der Waals surface area contributed by atoms with E-state index in [1.807, 2.05) is 16.9 Å². The Labute approximate surface area is 119 Å². The van der Waals surface area contributed by atoms with Gasteiger partial charge in [-0.15, -0.1) is 0 Å². The van der Waals surface area contributed by atoms with Crippen LogP contribution < -0.4 is 0 Å². The second kappa shape index (κ2) is 6.83. The smallest absolute Gasteiger partial charge is 0.182 e. The molecule has 1 aromatic rings. The van der Waals surface area contributed by atoms with Crippen LogP contribution >= 0.6 is 0 Å². The van der Waals surface area contributed by atoms with Crippen LogP contribution in [-0.4, -0.2) is 25.4 Å². The number of aryl methyl sites for hydroxylation is 1. The average molecular weight is 273 g/mol. The number of nitrogens with zero attached hydrogens (tertiary/aromatic N) is 1. The van der Waals surface area contributed by atoms with Crippen LogP contribution in [0, 0.1) is 6.07 Å². The summed E-state index contributed by atoms with van der Waals surface area (Å²) in [7, 11) is 5.87. The van der Waals surface area contributed by atoms with Gasteiger partial charge in [-0.2, -0.15) is 35.9 Å². The summed E-state index contributed by atoms with van der Waals surface area (Å²) in [5.74, 6) is 0. The molecule has 1 nitrogen and oxygen atoms in total. The normalized spacial score (nSPS) is 21.2. The van der Waals surface area contributed by atoms with Gasteiger partial charge in [0.2, 0.25) is 0 Å². The van der Waals surface area contributed by atoms with Crippen LogP contribution in [0.4, 0.5) is 0 Å². The topological polar surface area (TPSA) is 3.24 Å². The number of benzene rings is 1. The Morgan fingerprint density at radius 1 is 1.40 bits per heavy atom. The van der Waals surface area contributed by atoms with Crippen molar-refractivity contribution in [3.05, 3.63) is 35.9 Å². The molecule has 0 aromatic heterocycles. The van der Waals surface area contributed by atoms with Crippen molar-refractivity contribution in [2.75, 3.05) is 6.54 Å². The predicted octanol–water partition coefficient (Wildman–Crippen LogP) is 1.96. The molecule has 2 rings (SSSR count). The van der Waals surface area contributed by atoms with Gasteiger partial charge in [-0.1, -0.05) is 0 Å². The molecule has 0 aliphatic carbocycles. The molecule has 0 spiro atoms. The quantitative estimate of drug-likeness (QED) is 0.601. The summed E-state index contributed by atoms with van der Waals surface area (Å²) < 4.78 is 0. The first-order chi connectivity index (χ1) is 6.86. The summed E-state index contributed by atoms with van der Waals surface area (Å²) in [5.41, 5.74) is 1.39. The first kappa shape index (κ1) is 13.4. The van der Waals surface area contributed by atoms with Gasteiger partial charge in [0.1, 0.15) is 0 Å². The van der Waals surface area contributed by atoms with Crippen molar-refractivity contribution in [3.8, 4) is 0 Å². The van der Waals surface area contributed by atoms with Crippen molar-refractivity contribution in [1.82, 2.24) is 4.81 Å². The van der Waals surface area contributed by atoms with Crippen LogP contribution in [0.5, 0.6) is 0 Å². The molecule has 1 atom stereocenters. The van der Waals surface area contributed by atoms with E-state index in [9.17, 15) is 0 Å². The molecule has 1 fully saturated rings. The molecule has 0 saturated carbocycles. The largest absolute Gasteiger partial charge is 0.351 e. The Morgan fingerprint density at radius 3 is 2.73 bits per heavy atom. The van der Waals surface area contributed by atoms with E-state index in [2.05, 4.69) is 18.2 Å². The summed E-state index contributed by atoms with van der Waals surface area (Å²) in [4.78, 5) is 2.00. The van der Waals surface area contributed by atoms with Crippen molar-refractivity contribution in [3.63, 3.8) is 0 Å². The first-order valence-corrected chi connectivity index (χ1v) is 5.32. The number of rotatable bonds is 3. The van der Waals surface area contributed by atoms with E-state index in [-0.39, 0.29) is 32.7 Å². The van der Waals surface area contributed by atoms with Crippen molar-refractivity contribution in [2.24, 2.45) is 0 Å². The minimum Gasteiger partial charge on any atom is -0.351 e. The third-order valence-electron chi connectivity index (χ3n) is 2.98. The molecule has 1 aliphatic rings. The van der Waals surface area contributed by atoms with Gasteiger partial charge in [-0.25, -0.2) is 0 Å². The third kappa shape index (κ3) is 4.01. The van der Waals surface area contributed by atoms with Gasteiger partial charge in [0.05, 0.1) is 0 Å². The summed E-state index contributed by atoms with van der Waals surface area (Å²) in [6.45, 7) is 1.06. The third-order valence-corrected chi connectivity index (χ3v) is 2.98. The van der Waals surface area contributed by atoms with E-state index in [0.717, 1.165) is 13.0 Å². The van der Waals surface area contributed by atoms with E-state index in [4.69, 9.17) is 7.98 Å². The van der Waals surface area contributed by atoms with Crippen molar-refractivity contribution in [2.45, 2.75) is 31.7 Å². The number of hydrogen-bond donors (Lipinski definition) is 0. The average Bonchev–Trinajstić information content (AvgIpc) is 2.63. The first-order valence-electron chi connectivity index (χ1n) is 5.32. The van der Waals surface area contributed by atoms with Crippen molar-refractivity contribution in [1.29, 1.82) is 0 Å². The van der Waals surface area contributed by atoms with E-state index < -0.39 is 0 Å². The zero-order valence-corrected chi connectivity index (χ0v) is 11.9. The van der Waals surface area contributed by atoms with E-state index in [1.54, 1.807) is 0 Å². The Hall–Kier alpha value is 0.349. The van der Waals surface area contributed by atoms with Crippen molar-refractivity contribution < 1.29 is 32.7 Å². The molecule has 0 bridgehead atoms. The van der Waals surface area contributed by atoms with Crippen LogP contribution in [-0.2, 0) is 39.1 Å². The van der Waals surface area contributed by atoms with Gasteiger partial charge < -0.3 is 4.81 Å². The Kier molecular flexibility index (Phi) is 6.11. The minimum absolute atomic E-state index is 0. The molecule has 0 N–H and O–H groups in total. The van der Waals surface area contributed by atoms with Crippen LogP contribution in [0.15, 0.2) is 24.3 Å². The molecule has 15 heavy (non-hydrogen) atoms. The van der Waals surface area contributed by atoms with Crippen LogP contribution in [0.1, 0.15) is 24.8 Å². The van der Waals surface area contributed by atoms with Gasteiger partial charge in [0, 0.05) is 32.7 Å². The van der Waals surface area contributed by atoms with Crippen LogP contribution in [0.25, 0.3) is 0 Å². The maximum atomic E-state index is 5.87. The van der Waals surface area contributed by atoms with Gasteiger partial charge in [0.15, 0.2) is 7.98 Å². The maximum Gasteiger partial charge on any atom is 0.182 e. The van der Waals surface area contributed by atoms with Crippen LogP contribution in [0.3, 0.4) is 0 Å². The molecular formula is C12H15BNY-. The van der Waals surface area contributed by atoms with Crippen molar-refractivity contribution >= 4 is 7.98 Å². The van der Waals surface area contributed by atoms with Gasteiger partial charge in [0.25, 0.3) is 0 Å². The molecule has 1 heterocycles. The van der Waals surface area contributed by atoms with Gasteiger partial charge >= 0.3 is 0 Å². The van der Waals surface area contributed by atoms with E-state index >= 15 is 0 Å². The molecule has 1 unspecified atom stereocenters. The van der Waals surface area contributed by atoms with Crippen LogP contribution in [0.2, 0.25) is 0 Å². The summed E-state index contributed by atoms with van der Waals surface area (Å²) in [6, 6.07) is 11.9. The maximum absolute atomic E-state index is 5.87. The Morgan fingerprint density at radius 2 is 2.13 bits per heavy atom. The molecular weight excluding hydrogens is 258 g/mol. The molecule has 1 aliphatic heterocycles. The van der Waals surface area contributed by atoms with E-state index in [1.165, 1.54) is 24.8 Å². The SMILES string of the molecule is [B]N1CCCC1CCc1cc[c-]cc1.[Y]. The fourth-order valence-corrected chi connectivity index (χ4v) is 2.09. The monoisotopic (exact) mass is 273 g/mol. The second-order valence-electron chi connectivity index (χ2n) is 3.98. The fourth-order valence-electron chi connectivity index (χ4n) is 2.09. The molecule has 1 saturated heterocycles. The zero-order chi connectivity index (χ0) is 9.80. The predicted molar refractivity (Wildman–Crippen MR) is 59.1 cm³/mol. The van der Waals surface area contributed by atoms with Gasteiger partial charge in [-0.3, -0.25) is 0 Å². The second-order valence-corrected chi connectivity index (χ2v) is 3.98. The molecule has 1 aromatic carbocycles. The standard InChI is InChI=1S/C12H15BN.Y/c13-14-10-4-7-12(14)9-8-11-5-2-1-3-6-11;/h2-3,5-6,12H,4,7-10H2;/q-1;. The Balaban J connectivity index is 0.00000112. The van der Waals surface area contributed by atoms with E-state index in [0.29, 0.717) is 6.04 Å². The summed E-state index contributed by atoms with van der Waals surface area (Å²) in [6.07, 6.45) is 4.83.